The number of hydrogen-bond acceptors (Lipinski definition) is 3. The number of aryl methyl sites for hydroxylation is 1. The Labute approximate surface area is 175 Å². The number of fused-ring (bicyclic) bond motifs is 1. The van der Waals surface area contributed by atoms with Crippen LogP contribution >= 0.6 is 11.6 Å². The van der Waals surface area contributed by atoms with E-state index in [1.54, 1.807) is 13.0 Å². The predicted octanol–water partition coefficient (Wildman–Crippen LogP) is 5.21. The van der Waals surface area contributed by atoms with Gasteiger partial charge in [-0.05, 0) is 62.4 Å². The highest BCUT2D eigenvalue weighted by atomic mass is 35.5. The van der Waals surface area contributed by atoms with Crippen LogP contribution in [-0.4, -0.2) is 22.4 Å². The number of nitriles is 1. The van der Waals surface area contributed by atoms with Gasteiger partial charge in [-0.2, -0.15) is 5.26 Å². The van der Waals surface area contributed by atoms with E-state index in [-0.39, 0.29) is 12.1 Å². The minimum atomic E-state index is -4.81. The van der Waals surface area contributed by atoms with Crippen molar-refractivity contribution >= 4 is 28.4 Å². The molecule has 0 saturated carbocycles. The van der Waals surface area contributed by atoms with Crippen LogP contribution in [0.2, 0.25) is 5.02 Å². The van der Waals surface area contributed by atoms with Crippen molar-refractivity contribution in [1.29, 1.82) is 5.26 Å². The Bertz CT molecular complexity index is 1130. The number of amides is 1. The molecule has 1 amide bonds. The van der Waals surface area contributed by atoms with Crippen LogP contribution in [0.4, 0.5) is 13.2 Å². The molecule has 0 spiro atoms. The lowest BCUT2D eigenvalue weighted by molar-refractivity contribution is -0.274. The Morgan fingerprint density at radius 1 is 1.20 bits per heavy atom. The summed E-state index contributed by atoms with van der Waals surface area (Å²) in [6.45, 7) is 3.63. The van der Waals surface area contributed by atoms with E-state index < -0.39 is 23.6 Å². The van der Waals surface area contributed by atoms with E-state index in [1.165, 1.54) is 12.1 Å². The van der Waals surface area contributed by atoms with Gasteiger partial charge in [-0.1, -0.05) is 11.6 Å². The number of benzene rings is 2. The van der Waals surface area contributed by atoms with E-state index in [4.69, 9.17) is 11.6 Å². The summed E-state index contributed by atoms with van der Waals surface area (Å²) in [5.74, 6) is -1.02. The first-order valence-electron chi connectivity index (χ1n) is 8.85. The van der Waals surface area contributed by atoms with Gasteiger partial charge in [0, 0.05) is 27.2 Å². The molecule has 0 bridgehead atoms. The van der Waals surface area contributed by atoms with E-state index >= 15 is 0 Å². The lowest BCUT2D eigenvalue weighted by Gasteiger charge is -2.25. The minimum Gasteiger partial charge on any atom is -0.406 e. The molecule has 9 heteroatoms. The number of ether oxygens (including phenoxy) is 1. The standard InChI is InChI=1S/C21H17ClF3N3O2/c1-13-9-15-10-16(22)5-8-18(15)28(13)12-20(2,11-26)27-19(29)14-3-6-17(7-4-14)30-21(23,24)25/h3-10H,12H2,1-2H3,(H,27,29). The molecule has 0 radical (unpaired) electrons. The summed E-state index contributed by atoms with van der Waals surface area (Å²) in [6, 6.07) is 13.9. The first kappa shape index (κ1) is 21.5. The number of rotatable bonds is 5. The molecule has 3 rings (SSSR count). The molecule has 156 valence electrons. The van der Waals surface area contributed by atoms with E-state index in [9.17, 15) is 23.2 Å². The summed E-state index contributed by atoms with van der Waals surface area (Å²) in [6.07, 6.45) is -4.81. The molecular formula is C21H17ClF3N3O2. The largest absolute Gasteiger partial charge is 0.573 e. The highest BCUT2D eigenvalue weighted by Gasteiger charge is 2.31. The molecule has 5 nitrogen and oxygen atoms in total. The summed E-state index contributed by atoms with van der Waals surface area (Å²) in [5.41, 5.74) is 0.582. The molecule has 0 aliphatic heterocycles. The second-order valence-corrected chi connectivity index (χ2v) is 7.48. The highest BCUT2D eigenvalue weighted by molar-refractivity contribution is 6.31. The van der Waals surface area contributed by atoms with E-state index in [0.717, 1.165) is 28.7 Å². The van der Waals surface area contributed by atoms with Crippen molar-refractivity contribution in [2.45, 2.75) is 32.3 Å². The number of carbonyl (C=O) groups excluding carboxylic acids is 1. The summed E-state index contributed by atoms with van der Waals surface area (Å²) >= 11 is 6.03. The van der Waals surface area contributed by atoms with Crippen LogP contribution < -0.4 is 10.1 Å². The van der Waals surface area contributed by atoms with E-state index in [2.05, 4.69) is 16.1 Å². The van der Waals surface area contributed by atoms with Gasteiger partial charge in [-0.3, -0.25) is 4.79 Å². The van der Waals surface area contributed by atoms with Crippen molar-refractivity contribution in [3.8, 4) is 11.8 Å². The average Bonchev–Trinajstić information content (AvgIpc) is 2.95. The SMILES string of the molecule is Cc1cc2cc(Cl)ccc2n1CC(C)(C#N)NC(=O)c1ccc(OC(F)(F)F)cc1. The Morgan fingerprint density at radius 2 is 1.87 bits per heavy atom. The smallest absolute Gasteiger partial charge is 0.406 e. The molecule has 1 aromatic heterocycles. The Morgan fingerprint density at radius 3 is 2.47 bits per heavy atom. The second kappa shape index (κ2) is 7.92. The Balaban J connectivity index is 1.80. The van der Waals surface area contributed by atoms with E-state index in [0.29, 0.717) is 5.02 Å². The molecule has 30 heavy (non-hydrogen) atoms. The van der Waals surface area contributed by atoms with Gasteiger partial charge >= 0.3 is 6.36 Å². The molecule has 2 aromatic carbocycles. The van der Waals surface area contributed by atoms with Crippen molar-refractivity contribution < 1.29 is 22.7 Å². The molecule has 0 fully saturated rings. The summed E-state index contributed by atoms with van der Waals surface area (Å²) in [4.78, 5) is 12.6. The van der Waals surface area contributed by atoms with Gasteiger partial charge in [0.05, 0.1) is 12.6 Å². The zero-order chi connectivity index (χ0) is 22.1. The van der Waals surface area contributed by atoms with Crippen LogP contribution in [0.1, 0.15) is 23.0 Å². The zero-order valence-electron chi connectivity index (χ0n) is 16.0. The summed E-state index contributed by atoms with van der Waals surface area (Å²) < 4.78 is 42.5. The molecule has 1 N–H and O–H groups in total. The number of carbonyl (C=O) groups is 1. The molecule has 3 aromatic rings. The number of hydrogen-bond donors (Lipinski definition) is 1. The van der Waals surface area contributed by atoms with Gasteiger partial charge in [0.1, 0.15) is 11.3 Å². The molecule has 0 aliphatic rings. The number of halogens is 4. The van der Waals surface area contributed by atoms with Gasteiger partial charge in [0.15, 0.2) is 0 Å². The van der Waals surface area contributed by atoms with Crippen LogP contribution in [0.5, 0.6) is 5.75 Å². The van der Waals surface area contributed by atoms with E-state index in [1.807, 2.05) is 29.7 Å². The van der Waals surface area contributed by atoms with Gasteiger partial charge in [0.2, 0.25) is 0 Å². The second-order valence-electron chi connectivity index (χ2n) is 7.05. The van der Waals surface area contributed by atoms with Crippen molar-refractivity contribution in [3.05, 3.63) is 64.8 Å². The number of nitrogens with zero attached hydrogens (tertiary/aromatic N) is 2. The van der Waals surface area contributed by atoms with Crippen LogP contribution in [0.25, 0.3) is 10.9 Å². The third kappa shape index (κ3) is 4.86. The van der Waals surface area contributed by atoms with Crippen molar-refractivity contribution in [2.24, 2.45) is 0 Å². The molecule has 1 heterocycles. The number of alkyl halides is 3. The summed E-state index contributed by atoms with van der Waals surface area (Å²) in [5, 5.41) is 13.9. The van der Waals surface area contributed by atoms with Gasteiger partial charge in [-0.15, -0.1) is 13.2 Å². The summed E-state index contributed by atoms with van der Waals surface area (Å²) in [7, 11) is 0. The number of aromatic nitrogens is 1. The Hall–Kier alpha value is -3.18. The molecule has 1 atom stereocenters. The normalized spacial score (nSPS) is 13.5. The maximum Gasteiger partial charge on any atom is 0.573 e. The monoisotopic (exact) mass is 435 g/mol. The lowest BCUT2D eigenvalue weighted by atomic mass is 10.0. The average molecular weight is 436 g/mol. The molecule has 0 aliphatic carbocycles. The maximum atomic E-state index is 12.6. The number of nitrogens with one attached hydrogen (secondary N) is 1. The third-order valence-electron chi connectivity index (χ3n) is 4.53. The predicted molar refractivity (Wildman–Crippen MR) is 106 cm³/mol. The van der Waals surface area contributed by atoms with Gasteiger partial charge in [0.25, 0.3) is 5.91 Å². The van der Waals surface area contributed by atoms with Crippen molar-refractivity contribution in [3.63, 3.8) is 0 Å². The topological polar surface area (TPSA) is 67.0 Å². The quantitative estimate of drug-likeness (QED) is 0.598. The first-order chi connectivity index (χ1) is 14.0. The molecule has 0 saturated heterocycles. The fraction of sp³-hybridized carbons (Fsp3) is 0.238. The molecule has 1 unspecified atom stereocenters. The maximum absolute atomic E-state index is 12.6. The van der Waals surface area contributed by atoms with Crippen molar-refractivity contribution in [1.82, 2.24) is 9.88 Å². The lowest BCUT2D eigenvalue weighted by Crippen LogP contribution is -2.48. The highest BCUT2D eigenvalue weighted by Crippen LogP contribution is 2.26. The fourth-order valence-electron chi connectivity index (χ4n) is 3.14. The van der Waals surface area contributed by atoms with Crippen LogP contribution in [0.15, 0.2) is 48.5 Å². The minimum absolute atomic E-state index is 0.104. The third-order valence-corrected chi connectivity index (χ3v) is 4.77. The first-order valence-corrected chi connectivity index (χ1v) is 9.22. The zero-order valence-corrected chi connectivity index (χ0v) is 16.8. The fourth-order valence-corrected chi connectivity index (χ4v) is 3.32. The van der Waals surface area contributed by atoms with Gasteiger partial charge < -0.3 is 14.6 Å². The van der Waals surface area contributed by atoms with Crippen LogP contribution in [-0.2, 0) is 6.54 Å². The molecular weight excluding hydrogens is 419 g/mol. The van der Waals surface area contributed by atoms with Crippen molar-refractivity contribution in [2.75, 3.05) is 0 Å². The van der Waals surface area contributed by atoms with Gasteiger partial charge in [-0.25, -0.2) is 0 Å². The Kier molecular flexibility index (Phi) is 5.68. The van der Waals surface area contributed by atoms with Crippen LogP contribution in [0, 0.1) is 18.3 Å². The van der Waals surface area contributed by atoms with Crippen LogP contribution in [0.3, 0.4) is 0 Å².